The van der Waals surface area contributed by atoms with Crippen LogP contribution < -0.4 is 9.80 Å². The molecule has 0 saturated carbocycles. The van der Waals surface area contributed by atoms with E-state index in [1.54, 1.807) is 13.1 Å². The van der Waals surface area contributed by atoms with Gasteiger partial charge in [0.1, 0.15) is 5.82 Å². The number of piperazine rings is 1. The van der Waals surface area contributed by atoms with Crippen LogP contribution in [0.4, 0.5) is 11.5 Å². The monoisotopic (exact) mass is 283 g/mol. The summed E-state index contributed by atoms with van der Waals surface area (Å²) >= 11 is 0. The molecule has 0 aliphatic carbocycles. The Hall–Kier alpha value is -2.07. The van der Waals surface area contributed by atoms with Gasteiger partial charge in [-0.05, 0) is 36.8 Å². The van der Waals surface area contributed by atoms with E-state index in [2.05, 4.69) is 39.0 Å². The van der Waals surface area contributed by atoms with Crippen LogP contribution in [0.1, 0.15) is 18.6 Å². The molecule has 0 spiro atoms. The number of aromatic nitrogens is 1. The fraction of sp³-hybridized carbons (Fsp3) is 0.353. The molecule has 21 heavy (non-hydrogen) atoms. The maximum Gasteiger partial charge on any atom is 0.128 e. The molecule has 3 rings (SSSR count). The van der Waals surface area contributed by atoms with Gasteiger partial charge in [0.25, 0.3) is 0 Å². The third kappa shape index (κ3) is 3.16. The Morgan fingerprint density at radius 2 is 1.67 bits per heavy atom. The number of para-hydroxylation sites is 1. The number of hydrogen-bond acceptors (Lipinski definition) is 4. The lowest BCUT2D eigenvalue weighted by atomic mass is 10.1. The molecule has 1 aromatic heterocycles. The Morgan fingerprint density at radius 1 is 1.00 bits per heavy atom. The zero-order valence-electron chi connectivity index (χ0n) is 12.3. The van der Waals surface area contributed by atoms with Crippen LogP contribution in [0.3, 0.4) is 0 Å². The molecule has 0 unspecified atom stereocenters. The molecule has 2 aromatic rings. The maximum absolute atomic E-state index is 9.68. The molecule has 1 aliphatic heterocycles. The summed E-state index contributed by atoms with van der Waals surface area (Å²) in [6.45, 7) is 5.66. The predicted molar refractivity (Wildman–Crippen MR) is 85.7 cm³/mol. The van der Waals surface area contributed by atoms with Gasteiger partial charge in [-0.2, -0.15) is 0 Å². The summed E-state index contributed by atoms with van der Waals surface area (Å²) in [6.07, 6.45) is 1.33. The van der Waals surface area contributed by atoms with Crippen molar-refractivity contribution in [2.45, 2.75) is 13.0 Å². The lowest BCUT2D eigenvalue weighted by Crippen LogP contribution is -2.46. The molecule has 4 heteroatoms. The van der Waals surface area contributed by atoms with E-state index in [9.17, 15) is 5.11 Å². The molecule has 110 valence electrons. The van der Waals surface area contributed by atoms with E-state index in [1.165, 1.54) is 5.69 Å². The first-order valence-electron chi connectivity index (χ1n) is 7.43. The second-order valence-corrected chi connectivity index (χ2v) is 5.43. The number of anilines is 2. The van der Waals surface area contributed by atoms with E-state index in [-0.39, 0.29) is 0 Å². The van der Waals surface area contributed by atoms with Crippen LogP contribution in [0, 0.1) is 0 Å². The highest BCUT2D eigenvalue weighted by Crippen LogP contribution is 2.21. The Bertz CT molecular complexity index is 578. The molecular formula is C17H21N3O. The van der Waals surface area contributed by atoms with E-state index in [0.717, 1.165) is 37.6 Å². The van der Waals surface area contributed by atoms with Crippen LogP contribution >= 0.6 is 0 Å². The molecular weight excluding hydrogens is 262 g/mol. The highest BCUT2D eigenvalue weighted by atomic mass is 16.3. The van der Waals surface area contributed by atoms with Crippen LogP contribution in [-0.2, 0) is 0 Å². The van der Waals surface area contributed by atoms with Crippen molar-refractivity contribution in [2.24, 2.45) is 0 Å². The highest BCUT2D eigenvalue weighted by Gasteiger charge is 2.18. The first-order valence-corrected chi connectivity index (χ1v) is 7.43. The predicted octanol–water partition coefficient (Wildman–Crippen LogP) is 2.46. The van der Waals surface area contributed by atoms with Crippen molar-refractivity contribution in [1.82, 2.24) is 4.98 Å². The lowest BCUT2D eigenvalue weighted by Gasteiger charge is -2.36. The number of aliphatic hydroxyl groups excluding tert-OH is 1. The second kappa shape index (κ2) is 6.14. The van der Waals surface area contributed by atoms with Gasteiger partial charge >= 0.3 is 0 Å². The van der Waals surface area contributed by atoms with Gasteiger partial charge in [0, 0.05) is 38.1 Å². The van der Waals surface area contributed by atoms with Crippen molar-refractivity contribution in [1.29, 1.82) is 0 Å². The van der Waals surface area contributed by atoms with Crippen LogP contribution in [0.5, 0.6) is 0 Å². The number of aliphatic hydroxyl groups is 1. The van der Waals surface area contributed by atoms with Gasteiger partial charge in [0.15, 0.2) is 0 Å². The van der Waals surface area contributed by atoms with Crippen LogP contribution in [0.25, 0.3) is 0 Å². The zero-order valence-corrected chi connectivity index (χ0v) is 12.3. The molecule has 1 N–H and O–H groups in total. The largest absolute Gasteiger partial charge is 0.389 e. The summed E-state index contributed by atoms with van der Waals surface area (Å²) < 4.78 is 0. The molecule has 0 radical (unpaired) electrons. The number of nitrogens with zero attached hydrogens (tertiary/aromatic N) is 3. The Balaban J connectivity index is 1.67. The Labute approximate surface area is 125 Å². The fourth-order valence-corrected chi connectivity index (χ4v) is 2.70. The average Bonchev–Trinajstić information content (AvgIpc) is 2.56. The first-order chi connectivity index (χ1) is 10.2. The van der Waals surface area contributed by atoms with Gasteiger partial charge in [-0.3, -0.25) is 0 Å². The van der Waals surface area contributed by atoms with E-state index < -0.39 is 6.10 Å². The lowest BCUT2D eigenvalue weighted by molar-refractivity contribution is 0.199. The highest BCUT2D eigenvalue weighted by molar-refractivity contribution is 5.49. The van der Waals surface area contributed by atoms with Crippen molar-refractivity contribution >= 4 is 11.5 Å². The summed E-state index contributed by atoms with van der Waals surface area (Å²) in [6, 6.07) is 14.4. The maximum atomic E-state index is 9.68. The number of rotatable bonds is 3. The smallest absolute Gasteiger partial charge is 0.128 e. The second-order valence-electron chi connectivity index (χ2n) is 5.43. The summed E-state index contributed by atoms with van der Waals surface area (Å²) in [7, 11) is 0. The average molecular weight is 283 g/mol. The minimum absolute atomic E-state index is 0.447. The molecule has 1 saturated heterocycles. The van der Waals surface area contributed by atoms with Gasteiger partial charge in [-0.25, -0.2) is 4.98 Å². The molecule has 1 atom stereocenters. The minimum Gasteiger partial charge on any atom is -0.389 e. The summed E-state index contributed by atoms with van der Waals surface area (Å²) in [5.74, 6) is 0.959. The normalized spacial score (nSPS) is 16.9. The molecule has 2 heterocycles. The molecule has 1 aliphatic rings. The van der Waals surface area contributed by atoms with Crippen molar-refractivity contribution in [3.8, 4) is 0 Å². The van der Waals surface area contributed by atoms with E-state index in [1.807, 2.05) is 18.2 Å². The van der Waals surface area contributed by atoms with Crippen LogP contribution in [0.2, 0.25) is 0 Å². The first kappa shape index (κ1) is 13.9. The SMILES string of the molecule is C[C@H](O)c1ccnc(N2CCN(c3ccccc3)CC2)c1. The minimum atomic E-state index is -0.447. The zero-order chi connectivity index (χ0) is 14.7. The Kier molecular flexibility index (Phi) is 4.06. The number of pyridine rings is 1. The number of hydrogen-bond donors (Lipinski definition) is 1. The third-order valence-electron chi connectivity index (χ3n) is 3.98. The van der Waals surface area contributed by atoms with Gasteiger partial charge in [0.2, 0.25) is 0 Å². The van der Waals surface area contributed by atoms with Gasteiger partial charge < -0.3 is 14.9 Å². The quantitative estimate of drug-likeness (QED) is 0.939. The van der Waals surface area contributed by atoms with Crippen LogP contribution in [0.15, 0.2) is 48.7 Å². The van der Waals surface area contributed by atoms with Crippen LogP contribution in [-0.4, -0.2) is 36.3 Å². The summed E-state index contributed by atoms with van der Waals surface area (Å²) in [4.78, 5) is 9.12. The van der Waals surface area contributed by atoms with Gasteiger partial charge in [0.05, 0.1) is 6.10 Å². The van der Waals surface area contributed by atoms with Crippen molar-refractivity contribution < 1.29 is 5.11 Å². The molecule has 4 nitrogen and oxygen atoms in total. The van der Waals surface area contributed by atoms with E-state index in [0.29, 0.717) is 0 Å². The molecule has 0 amide bonds. The van der Waals surface area contributed by atoms with Crippen molar-refractivity contribution in [3.63, 3.8) is 0 Å². The fourth-order valence-electron chi connectivity index (χ4n) is 2.70. The molecule has 1 aromatic carbocycles. The Morgan fingerprint density at radius 3 is 2.33 bits per heavy atom. The van der Waals surface area contributed by atoms with Crippen molar-refractivity contribution in [2.75, 3.05) is 36.0 Å². The van der Waals surface area contributed by atoms with Gasteiger partial charge in [-0.15, -0.1) is 0 Å². The van der Waals surface area contributed by atoms with Gasteiger partial charge in [-0.1, -0.05) is 18.2 Å². The van der Waals surface area contributed by atoms with E-state index in [4.69, 9.17) is 0 Å². The molecule has 0 bridgehead atoms. The third-order valence-corrected chi connectivity index (χ3v) is 3.98. The standard InChI is InChI=1S/C17H21N3O/c1-14(21)15-7-8-18-17(13-15)20-11-9-19(10-12-20)16-5-3-2-4-6-16/h2-8,13-14,21H,9-12H2,1H3/t14-/m0/s1. The van der Waals surface area contributed by atoms with E-state index >= 15 is 0 Å². The summed E-state index contributed by atoms with van der Waals surface area (Å²) in [5.41, 5.74) is 2.20. The topological polar surface area (TPSA) is 39.6 Å². The van der Waals surface area contributed by atoms with Crippen molar-refractivity contribution in [3.05, 3.63) is 54.2 Å². The summed E-state index contributed by atoms with van der Waals surface area (Å²) in [5, 5.41) is 9.68. The number of benzene rings is 1. The molecule has 1 fully saturated rings.